The molecule has 0 aromatic heterocycles. The van der Waals surface area contributed by atoms with Crippen LogP contribution in [0.25, 0.3) is 0 Å². The van der Waals surface area contributed by atoms with Crippen LogP contribution >= 0.6 is 0 Å². The van der Waals surface area contributed by atoms with Crippen molar-refractivity contribution in [3.05, 3.63) is 97.2 Å². The van der Waals surface area contributed by atoms with Crippen LogP contribution in [0.1, 0.15) is 226 Å². The first-order chi connectivity index (χ1) is 39.6. The highest BCUT2D eigenvalue weighted by Crippen LogP contribution is 2.30. The molecule has 12 atom stereocenters. The predicted molar refractivity (Wildman–Crippen MR) is 327 cm³/mol. The maximum atomic E-state index is 13.3. The van der Waals surface area contributed by atoms with Crippen molar-refractivity contribution in [2.75, 3.05) is 19.8 Å². The van der Waals surface area contributed by atoms with Crippen LogP contribution in [0.2, 0.25) is 0 Å². The molecule has 0 aromatic rings. The number of hydrogen-bond acceptors (Lipinski definition) is 13. The summed E-state index contributed by atoms with van der Waals surface area (Å²) >= 11 is 0. The van der Waals surface area contributed by atoms with Gasteiger partial charge in [-0.05, 0) is 77.0 Å². The van der Waals surface area contributed by atoms with Gasteiger partial charge in [0, 0.05) is 6.42 Å². The van der Waals surface area contributed by atoms with Gasteiger partial charge in [0.15, 0.2) is 12.6 Å². The number of unbranched alkanes of at least 4 members (excludes halogenated alkanes) is 23. The molecule has 2 fully saturated rings. The molecular weight excluding hydrogens is 1030 g/mol. The van der Waals surface area contributed by atoms with E-state index >= 15 is 0 Å². The molecule has 12 unspecified atom stereocenters. The SMILES string of the molecule is CC/C=C\C/C=C\C/C=C\C/C=C\C/C=C\C/C=C\C/C=C\CCCCCC(=O)NC(COC1OC(CO)C(OC2OC(CO)C(O)C(O)C2O)C(O)C1O)C(O)/C=C/CCCCCCCCCCCCCCCCCCCCCC. The molecule has 2 rings (SSSR count). The quantitative estimate of drug-likeness (QED) is 0.0204. The zero-order valence-electron chi connectivity index (χ0n) is 50.2. The number of aliphatic hydroxyl groups is 8. The molecule has 2 aliphatic heterocycles. The molecule has 2 saturated heterocycles. The van der Waals surface area contributed by atoms with E-state index < -0.39 is 86.8 Å². The van der Waals surface area contributed by atoms with Gasteiger partial charge in [-0.25, -0.2) is 0 Å². The number of aliphatic hydroxyl groups excluding tert-OH is 8. The third-order valence-electron chi connectivity index (χ3n) is 15.0. The van der Waals surface area contributed by atoms with Gasteiger partial charge in [0.25, 0.3) is 0 Å². The van der Waals surface area contributed by atoms with E-state index in [2.05, 4.69) is 104 Å². The van der Waals surface area contributed by atoms with Gasteiger partial charge in [-0.1, -0.05) is 239 Å². The molecule has 0 aliphatic carbocycles. The number of allylic oxidation sites excluding steroid dienone is 15. The van der Waals surface area contributed by atoms with E-state index in [1.807, 2.05) is 6.08 Å². The van der Waals surface area contributed by atoms with Crippen molar-refractivity contribution < 1.29 is 64.6 Å². The molecule has 466 valence electrons. The summed E-state index contributed by atoms with van der Waals surface area (Å²) in [5.41, 5.74) is 0. The second kappa shape index (κ2) is 51.3. The Balaban J connectivity index is 1.77. The van der Waals surface area contributed by atoms with Gasteiger partial charge in [0.1, 0.15) is 48.8 Å². The Morgan fingerprint density at radius 1 is 0.457 bits per heavy atom. The molecule has 1 amide bonds. The predicted octanol–water partition coefficient (Wildman–Crippen LogP) is 11.8. The van der Waals surface area contributed by atoms with Crippen LogP contribution in [0.4, 0.5) is 0 Å². The fraction of sp³-hybridized carbons (Fsp3) is 0.746. The van der Waals surface area contributed by atoms with Gasteiger partial charge < -0.3 is 65.1 Å². The summed E-state index contributed by atoms with van der Waals surface area (Å²) in [4.78, 5) is 13.3. The van der Waals surface area contributed by atoms with E-state index in [9.17, 15) is 45.6 Å². The number of carbonyl (C=O) groups is 1. The number of nitrogens with one attached hydrogen (secondary N) is 1. The highest BCUT2D eigenvalue weighted by molar-refractivity contribution is 5.76. The summed E-state index contributed by atoms with van der Waals surface area (Å²) in [6.45, 7) is 2.67. The van der Waals surface area contributed by atoms with Gasteiger partial charge >= 0.3 is 0 Å². The van der Waals surface area contributed by atoms with Crippen molar-refractivity contribution in [3.63, 3.8) is 0 Å². The van der Waals surface area contributed by atoms with Crippen molar-refractivity contribution in [3.8, 4) is 0 Å². The lowest BCUT2D eigenvalue weighted by molar-refractivity contribution is -0.359. The molecule has 0 aromatic carbocycles. The zero-order valence-corrected chi connectivity index (χ0v) is 50.2. The number of carbonyl (C=O) groups excluding carboxylic acids is 1. The molecule has 0 spiro atoms. The minimum atomic E-state index is -1.80. The Morgan fingerprint density at radius 2 is 0.852 bits per heavy atom. The molecule has 81 heavy (non-hydrogen) atoms. The number of hydrogen-bond donors (Lipinski definition) is 9. The summed E-state index contributed by atoms with van der Waals surface area (Å²) in [5.74, 6) is -0.273. The van der Waals surface area contributed by atoms with Crippen LogP contribution in [0.3, 0.4) is 0 Å². The topological polar surface area (TPSA) is 228 Å². The van der Waals surface area contributed by atoms with Gasteiger partial charge in [-0.3, -0.25) is 4.79 Å². The molecular formula is C67H115NO13. The summed E-state index contributed by atoms with van der Waals surface area (Å²) in [7, 11) is 0. The van der Waals surface area contributed by atoms with Gasteiger partial charge in [-0.15, -0.1) is 0 Å². The molecule has 0 radical (unpaired) electrons. The molecule has 2 aliphatic rings. The lowest BCUT2D eigenvalue weighted by Gasteiger charge is -2.46. The van der Waals surface area contributed by atoms with E-state index in [4.69, 9.17) is 18.9 Å². The average Bonchev–Trinajstić information content (AvgIpc) is 3.47. The average molecular weight is 1140 g/mol. The van der Waals surface area contributed by atoms with Crippen LogP contribution in [-0.4, -0.2) is 140 Å². The second-order valence-corrected chi connectivity index (χ2v) is 22.2. The highest BCUT2D eigenvalue weighted by atomic mass is 16.7. The Labute approximate surface area is 490 Å². The van der Waals surface area contributed by atoms with Gasteiger partial charge in [-0.2, -0.15) is 0 Å². The van der Waals surface area contributed by atoms with E-state index in [0.717, 1.165) is 83.5 Å². The molecule has 0 bridgehead atoms. The van der Waals surface area contributed by atoms with E-state index in [1.165, 1.54) is 116 Å². The minimum absolute atomic E-state index is 0.236. The van der Waals surface area contributed by atoms with Crippen molar-refractivity contribution in [2.45, 2.75) is 299 Å². The number of ether oxygens (including phenoxy) is 4. The lowest BCUT2D eigenvalue weighted by Crippen LogP contribution is -2.65. The summed E-state index contributed by atoms with van der Waals surface area (Å²) < 4.78 is 22.8. The van der Waals surface area contributed by atoms with Crippen molar-refractivity contribution >= 4 is 5.91 Å². The molecule has 2 heterocycles. The van der Waals surface area contributed by atoms with Gasteiger partial charge in [0.2, 0.25) is 5.91 Å². The fourth-order valence-corrected chi connectivity index (χ4v) is 9.92. The van der Waals surface area contributed by atoms with Crippen molar-refractivity contribution in [2.24, 2.45) is 0 Å². The lowest BCUT2D eigenvalue weighted by atomic mass is 9.97. The Bertz CT molecular complexity index is 1730. The van der Waals surface area contributed by atoms with Gasteiger partial charge in [0.05, 0.1) is 32.0 Å². The van der Waals surface area contributed by atoms with Crippen molar-refractivity contribution in [1.29, 1.82) is 0 Å². The Kier molecular flexibility index (Phi) is 46.9. The summed E-state index contributed by atoms with van der Waals surface area (Å²) in [5, 5.41) is 87.3. The standard InChI is InChI=1S/C67H115NO13/c1-3-5-7-9-11-13-15-17-19-21-23-25-27-28-29-31-33-35-37-39-41-43-45-47-49-51-59(72)68-55(54-78-66-64(77)62(75)65(58(53-70)80-66)81-67-63(76)61(74)60(73)57(52-69)79-67)56(71)50-48-46-44-42-40-38-36-34-32-30-26-24-22-20-18-16-14-12-10-8-6-4-2/h5,7,11,13,17,19,23,25,28-29,33,35,39,41,48,50,55-58,60-67,69-71,73-77H,3-4,6,8-10,12,14-16,18,20-22,24,26-27,30-32,34,36-38,40,42-47,49,51-54H2,1-2H3,(H,68,72)/b7-5-,13-11-,19-17-,25-23-,29-28-,35-33-,41-39-,50-48+. The minimum Gasteiger partial charge on any atom is -0.394 e. The number of amides is 1. The Hall–Kier alpha value is -3.09. The van der Waals surface area contributed by atoms with Crippen LogP contribution in [0.15, 0.2) is 97.2 Å². The van der Waals surface area contributed by atoms with Crippen LogP contribution in [0, 0.1) is 0 Å². The van der Waals surface area contributed by atoms with Crippen LogP contribution in [-0.2, 0) is 23.7 Å². The summed E-state index contributed by atoms with van der Waals surface area (Å²) in [6, 6.07) is -0.941. The third kappa shape index (κ3) is 36.4. The molecule has 0 saturated carbocycles. The molecule has 14 heteroatoms. The normalized spacial score (nSPS) is 24.8. The van der Waals surface area contributed by atoms with Crippen LogP contribution in [0.5, 0.6) is 0 Å². The van der Waals surface area contributed by atoms with E-state index in [0.29, 0.717) is 6.42 Å². The summed E-state index contributed by atoms with van der Waals surface area (Å²) in [6.07, 6.45) is 54.4. The first-order valence-electron chi connectivity index (χ1n) is 32.0. The third-order valence-corrected chi connectivity index (χ3v) is 15.0. The maximum Gasteiger partial charge on any atom is 0.220 e. The fourth-order valence-electron chi connectivity index (χ4n) is 9.92. The van der Waals surface area contributed by atoms with E-state index in [-0.39, 0.29) is 18.9 Å². The maximum absolute atomic E-state index is 13.3. The first-order valence-corrected chi connectivity index (χ1v) is 32.0. The Morgan fingerprint density at radius 3 is 1.31 bits per heavy atom. The highest BCUT2D eigenvalue weighted by Gasteiger charge is 2.51. The largest absolute Gasteiger partial charge is 0.394 e. The molecule has 9 N–H and O–H groups in total. The number of rotatable bonds is 50. The van der Waals surface area contributed by atoms with E-state index in [1.54, 1.807) is 6.08 Å². The molecule has 14 nitrogen and oxygen atoms in total. The second-order valence-electron chi connectivity index (χ2n) is 22.2. The van der Waals surface area contributed by atoms with Crippen LogP contribution < -0.4 is 5.32 Å². The monoisotopic (exact) mass is 1140 g/mol. The first kappa shape index (κ1) is 74.0. The zero-order chi connectivity index (χ0) is 58.8. The smallest absolute Gasteiger partial charge is 0.220 e. The van der Waals surface area contributed by atoms with Crippen molar-refractivity contribution in [1.82, 2.24) is 5.32 Å².